The van der Waals surface area contributed by atoms with Crippen LogP contribution in [0.1, 0.15) is 25.3 Å². The fourth-order valence-electron chi connectivity index (χ4n) is 2.80. The van der Waals surface area contributed by atoms with Crippen LogP contribution in [0.4, 0.5) is 0 Å². The minimum atomic E-state index is 0.0485. The van der Waals surface area contributed by atoms with E-state index in [9.17, 15) is 4.79 Å². The number of pyridine rings is 1. The van der Waals surface area contributed by atoms with Crippen molar-refractivity contribution in [1.29, 1.82) is 0 Å². The van der Waals surface area contributed by atoms with Crippen molar-refractivity contribution < 1.29 is 4.74 Å². The van der Waals surface area contributed by atoms with Crippen molar-refractivity contribution in [2.75, 3.05) is 26.7 Å². The fraction of sp³-hybridized carbons (Fsp3) is 0.429. The molecule has 0 fully saturated rings. The number of unbranched alkanes of at least 4 members (excludes halogenated alkanes) is 1. The van der Waals surface area contributed by atoms with Gasteiger partial charge in [0.2, 0.25) is 5.56 Å². The maximum atomic E-state index is 11.7. The number of nitrogens with one attached hydrogen (secondary N) is 2. The van der Waals surface area contributed by atoms with Gasteiger partial charge in [0.25, 0.3) is 0 Å². The normalized spacial score (nSPS) is 11.3. The van der Waals surface area contributed by atoms with Crippen molar-refractivity contribution in [3.05, 3.63) is 64.6 Å². The molecule has 27 heavy (non-hydrogen) atoms. The quantitative estimate of drug-likeness (QED) is 0.383. The number of ether oxygens (including phenoxy) is 1. The average molecular weight is 370 g/mol. The second-order valence-corrected chi connectivity index (χ2v) is 6.19. The molecule has 1 aromatic carbocycles. The third-order valence-electron chi connectivity index (χ3n) is 4.20. The van der Waals surface area contributed by atoms with E-state index in [0.717, 1.165) is 57.2 Å². The Hall–Kier alpha value is -2.76. The van der Waals surface area contributed by atoms with Crippen molar-refractivity contribution in [2.45, 2.75) is 32.7 Å². The Morgan fingerprint density at radius 2 is 1.93 bits per heavy atom. The summed E-state index contributed by atoms with van der Waals surface area (Å²) in [5.41, 5.74) is 1.23. The summed E-state index contributed by atoms with van der Waals surface area (Å²) in [7, 11) is 1.70. The minimum Gasteiger partial charge on any atom is -0.496 e. The van der Waals surface area contributed by atoms with Crippen molar-refractivity contribution in [3.8, 4) is 5.75 Å². The van der Waals surface area contributed by atoms with Gasteiger partial charge < -0.3 is 19.9 Å². The molecule has 0 aliphatic heterocycles. The van der Waals surface area contributed by atoms with E-state index < -0.39 is 0 Å². The minimum absolute atomic E-state index is 0.0485. The van der Waals surface area contributed by atoms with Crippen LogP contribution >= 0.6 is 0 Å². The number of nitrogens with zero attached hydrogens (tertiary/aromatic N) is 2. The summed E-state index contributed by atoms with van der Waals surface area (Å²) in [4.78, 5) is 16.3. The molecule has 0 radical (unpaired) electrons. The predicted molar refractivity (Wildman–Crippen MR) is 111 cm³/mol. The van der Waals surface area contributed by atoms with Crippen LogP contribution in [0.3, 0.4) is 0 Å². The molecule has 6 nitrogen and oxygen atoms in total. The summed E-state index contributed by atoms with van der Waals surface area (Å²) in [6.07, 6.45) is 4.55. The molecule has 0 saturated carbocycles. The number of aromatic nitrogens is 1. The molecule has 2 aromatic rings. The van der Waals surface area contributed by atoms with Gasteiger partial charge in [-0.25, -0.2) is 0 Å². The molecule has 0 amide bonds. The average Bonchev–Trinajstić information content (AvgIpc) is 2.69. The Kier molecular flexibility index (Phi) is 8.96. The van der Waals surface area contributed by atoms with Crippen LogP contribution in [0.2, 0.25) is 0 Å². The molecule has 2 rings (SSSR count). The highest BCUT2D eigenvalue weighted by atomic mass is 16.5. The lowest BCUT2D eigenvalue weighted by atomic mass is 10.1. The lowest BCUT2D eigenvalue weighted by Gasteiger charge is -2.12. The number of guanidine groups is 1. The monoisotopic (exact) mass is 370 g/mol. The van der Waals surface area contributed by atoms with Crippen molar-refractivity contribution in [3.63, 3.8) is 0 Å². The summed E-state index contributed by atoms with van der Waals surface area (Å²) in [5, 5.41) is 6.63. The second-order valence-electron chi connectivity index (χ2n) is 6.19. The maximum Gasteiger partial charge on any atom is 0.250 e. The van der Waals surface area contributed by atoms with Gasteiger partial charge in [0, 0.05) is 38.4 Å². The third-order valence-corrected chi connectivity index (χ3v) is 4.20. The Morgan fingerprint density at radius 3 is 2.70 bits per heavy atom. The van der Waals surface area contributed by atoms with Gasteiger partial charge in [-0.05, 0) is 43.9 Å². The first-order chi connectivity index (χ1) is 13.2. The molecule has 2 N–H and O–H groups in total. The number of methoxy groups -OCH3 is 1. The van der Waals surface area contributed by atoms with E-state index in [-0.39, 0.29) is 5.56 Å². The van der Waals surface area contributed by atoms with Crippen LogP contribution in [0.15, 0.2) is 58.4 Å². The SMILES string of the molecule is CCNC(=NCCCCn1ccccc1=O)NCCc1ccccc1OC. The van der Waals surface area contributed by atoms with Gasteiger partial charge >= 0.3 is 0 Å². The molecule has 0 saturated heterocycles. The Balaban J connectivity index is 1.75. The van der Waals surface area contributed by atoms with Gasteiger partial charge in [0.05, 0.1) is 7.11 Å². The van der Waals surface area contributed by atoms with Crippen molar-refractivity contribution in [1.82, 2.24) is 15.2 Å². The summed E-state index contributed by atoms with van der Waals surface area (Å²) in [6, 6.07) is 13.3. The topological polar surface area (TPSA) is 67.7 Å². The summed E-state index contributed by atoms with van der Waals surface area (Å²) in [5.74, 6) is 1.74. The molecule has 6 heteroatoms. The molecule has 1 heterocycles. The largest absolute Gasteiger partial charge is 0.496 e. The number of para-hydroxylation sites is 1. The van der Waals surface area contributed by atoms with Crippen LogP contribution in [0.25, 0.3) is 0 Å². The zero-order valence-electron chi connectivity index (χ0n) is 16.3. The van der Waals surface area contributed by atoms with Gasteiger partial charge in [0.15, 0.2) is 5.96 Å². The van der Waals surface area contributed by atoms with Crippen LogP contribution in [-0.4, -0.2) is 37.3 Å². The van der Waals surface area contributed by atoms with E-state index in [4.69, 9.17) is 4.74 Å². The predicted octanol–water partition coefficient (Wildman–Crippen LogP) is 2.43. The zero-order chi connectivity index (χ0) is 19.3. The van der Waals surface area contributed by atoms with E-state index in [1.807, 2.05) is 30.5 Å². The molecule has 0 aliphatic rings. The van der Waals surface area contributed by atoms with Crippen LogP contribution in [0, 0.1) is 0 Å². The molecular weight excluding hydrogens is 340 g/mol. The van der Waals surface area contributed by atoms with Gasteiger partial charge in [-0.15, -0.1) is 0 Å². The summed E-state index contributed by atoms with van der Waals surface area (Å²) in [6.45, 7) is 5.11. The zero-order valence-corrected chi connectivity index (χ0v) is 16.3. The Labute approximate surface area is 161 Å². The van der Waals surface area contributed by atoms with Crippen molar-refractivity contribution >= 4 is 5.96 Å². The van der Waals surface area contributed by atoms with Crippen LogP contribution in [0.5, 0.6) is 5.75 Å². The number of benzene rings is 1. The smallest absolute Gasteiger partial charge is 0.250 e. The summed E-state index contributed by atoms with van der Waals surface area (Å²) < 4.78 is 7.13. The molecular formula is C21H30N4O2. The van der Waals surface area contributed by atoms with Gasteiger partial charge in [0.1, 0.15) is 5.75 Å². The second kappa shape index (κ2) is 11.8. The summed E-state index contributed by atoms with van der Waals surface area (Å²) >= 11 is 0. The van der Waals surface area contributed by atoms with E-state index in [1.165, 1.54) is 5.56 Å². The molecule has 0 spiro atoms. The molecule has 0 bridgehead atoms. The molecule has 1 aromatic heterocycles. The number of hydrogen-bond acceptors (Lipinski definition) is 3. The molecule has 0 unspecified atom stereocenters. The van der Waals surface area contributed by atoms with Gasteiger partial charge in [-0.2, -0.15) is 0 Å². The number of aryl methyl sites for hydroxylation is 1. The first-order valence-electron chi connectivity index (χ1n) is 9.54. The highest BCUT2D eigenvalue weighted by molar-refractivity contribution is 5.79. The van der Waals surface area contributed by atoms with Gasteiger partial charge in [-0.3, -0.25) is 9.79 Å². The highest BCUT2D eigenvalue weighted by Gasteiger charge is 2.02. The molecule has 0 atom stereocenters. The standard InChI is InChI=1S/C21H30N4O2/c1-3-22-21(24-15-13-18-10-4-5-11-19(18)27-2)23-14-7-9-17-25-16-8-6-12-20(25)26/h4-6,8,10-12,16H,3,7,9,13-15,17H2,1-2H3,(H2,22,23,24). The Bertz CT molecular complexity index is 771. The Morgan fingerprint density at radius 1 is 1.11 bits per heavy atom. The number of rotatable bonds is 10. The van der Waals surface area contributed by atoms with Crippen molar-refractivity contribution in [2.24, 2.45) is 4.99 Å². The molecule has 146 valence electrons. The van der Waals surface area contributed by atoms with E-state index in [1.54, 1.807) is 23.8 Å². The first-order valence-corrected chi connectivity index (χ1v) is 9.54. The fourth-order valence-corrected chi connectivity index (χ4v) is 2.80. The lowest BCUT2D eigenvalue weighted by Crippen LogP contribution is -2.38. The lowest BCUT2D eigenvalue weighted by molar-refractivity contribution is 0.409. The van der Waals surface area contributed by atoms with E-state index >= 15 is 0 Å². The van der Waals surface area contributed by atoms with Gasteiger partial charge in [-0.1, -0.05) is 24.3 Å². The van der Waals surface area contributed by atoms with Crippen LogP contribution < -0.4 is 20.9 Å². The maximum absolute atomic E-state index is 11.7. The first kappa shape index (κ1) is 20.6. The van der Waals surface area contributed by atoms with E-state index in [2.05, 4.69) is 28.6 Å². The number of aliphatic imine (C=N–C) groups is 1. The van der Waals surface area contributed by atoms with E-state index in [0.29, 0.717) is 0 Å². The number of hydrogen-bond donors (Lipinski definition) is 2. The highest BCUT2D eigenvalue weighted by Crippen LogP contribution is 2.17. The molecule has 0 aliphatic carbocycles. The van der Waals surface area contributed by atoms with Crippen LogP contribution in [-0.2, 0) is 13.0 Å². The third kappa shape index (κ3) is 7.17.